The van der Waals surface area contributed by atoms with Gasteiger partial charge in [0.1, 0.15) is 0 Å². The zero-order valence-corrected chi connectivity index (χ0v) is 7.87. The molecule has 0 saturated carbocycles. The van der Waals surface area contributed by atoms with Crippen LogP contribution in [0.4, 0.5) is 4.39 Å². The van der Waals surface area contributed by atoms with Crippen molar-refractivity contribution in [3.63, 3.8) is 0 Å². The monoisotopic (exact) mass is 185 g/mol. The van der Waals surface area contributed by atoms with Gasteiger partial charge in [0.05, 0.1) is 19.4 Å². The van der Waals surface area contributed by atoms with Crippen LogP contribution in [-0.4, -0.2) is 18.2 Å². The maximum absolute atomic E-state index is 13.0. The van der Waals surface area contributed by atoms with Crippen LogP contribution in [0.2, 0.25) is 0 Å². The zero-order chi connectivity index (χ0) is 9.84. The predicted octanol–water partition coefficient (Wildman–Crippen LogP) is 2.02. The van der Waals surface area contributed by atoms with Crippen molar-refractivity contribution < 1.29 is 13.9 Å². The summed E-state index contributed by atoms with van der Waals surface area (Å²) in [6.07, 6.45) is 1.01. The Morgan fingerprint density at radius 3 is 2.69 bits per heavy atom. The van der Waals surface area contributed by atoms with Crippen LogP contribution in [0, 0.1) is 5.82 Å². The number of ether oxygens (including phenoxy) is 2. The van der Waals surface area contributed by atoms with E-state index in [0.29, 0.717) is 5.88 Å². The molecule has 4 heteroatoms. The van der Waals surface area contributed by atoms with Gasteiger partial charge in [0, 0.05) is 6.07 Å². The number of methoxy groups -OCH3 is 1. The van der Waals surface area contributed by atoms with Crippen LogP contribution in [0.15, 0.2) is 12.3 Å². The third kappa shape index (κ3) is 2.57. The van der Waals surface area contributed by atoms with E-state index in [2.05, 4.69) is 4.98 Å². The zero-order valence-electron chi connectivity index (χ0n) is 7.87. The highest BCUT2D eigenvalue weighted by Crippen LogP contribution is 2.21. The van der Waals surface area contributed by atoms with E-state index in [1.807, 2.05) is 13.8 Å². The van der Waals surface area contributed by atoms with Crippen molar-refractivity contribution in [1.82, 2.24) is 4.98 Å². The van der Waals surface area contributed by atoms with Gasteiger partial charge in [-0.15, -0.1) is 0 Å². The lowest BCUT2D eigenvalue weighted by Gasteiger charge is -2.10. The van der Waals surface area contributed by atoms with Crippen molar-refractivity contribution in [2.75, 3.05) is 7.11 Å². The van der Waals surface area contributed by atoms with Crippen molar-refractivity contribution >= 4 is 0 Å². The number of hydrogen-bond acceptors (Lipinski definition) is 3. The van der Waals surface area contributed by atoms with E-state index in [-0.39, 0.29) is 11.9 Å². The number of halogens is 1. The van der Waals surface area contributed by atoms with Gasteiger partial charge in [-0.3, -0.25) is 0 Å². The maximum atomic E-state index is 13.0. The highest BCUT2D eigenvalue weighted by atomic mass is 19.1. The molecule has 0 amide bonds. The van der Waals surface area contributed by atoms with Gasteiger partial charge in [-0.25, -0.2) is 9.37 Å². The molecule has 0 unspecified atom stereocenters. The molecule has 3 nitrogen and oxygen atoms in total. The average Bonchev–Trinajstić information content (AvgIpc) is 2.08. The Morgan fingerprint density at radius 1 is 1.46 bits per heavy atom. The second-order valence-corrected chi connectivity index (χ2v) is 2.82. The SMILES string of the molecule is COc1cc(OC(C)C)c(F)cn1. The third-order valence-corrected chi connectivity index (χ3v) is 1.37. The Kier molecular flexibility index (Phi) is 3.06. The number of rotatable bonds is 3. The molecule has 1 aromatic rings. The molecule has 0 bridgehead atoms. The van der Waals surface area contributed by atoms with E-state index >= 15 is 0 Å². The molecular formula is C9H12FNO2. The summed E-state index contributed by atoms with van der Waals surface area (Å²) < 4.78 is 23.0. The molecule has 0 aliphatic rings. The molecule has 1 aromatic heterocycles. The number of pyridine rings is 1. The van der Waals surface area contributed by atoms with Gasteiger partial charge in [0.15, 0.2) is 11.6 Å². The van der Waals surface area contributed by atoms with Crippen LogP contribution in [0.1, 0.15) is 13.8 Å². The van der Waals surface area contributed by atoms with E-state index in [4.69, 9.17) is 9.47 Å². The average molecular weight is 185 g/mol. The molecule has 72 valence electrons. The van der Waals surface area contributed by atoms with Crippen LogP contribution in [-0.2, 0) is 0 Å². The molecule has 0 aliphatic carbocycles. The van der Waals surface area contributed by atoms with Crippen molar-refractivity contribution in [2.45, 2.75) is 20.0 Å². The minimum Gasteiger partial charge on any atom is -0.488 e. The molecule has 0 aromatic carbocycles. The summed E-state index contributed by atoms with van der Waals surface area (Å²) in [5.41, 5.74) is 0. The quantitative estimate of drug-likeness (QED) is 0.721. The van der Waals surface area contributed by atoms with Crippen molar-refractivity contribution in [2.24, 2.45) is 0 Å². The lowest BCUT2D eigenvalue weighted by Crippen LogP contribution is -2.07. The number of aromatic nitrogens is 1. The fourth-order valence-electron chi connectivity index (χ4n) is 0.858. The van der Waals surface area contributed by atoms with Gasteiger partial charge in [-0.1, -0.05) is 0 Å². The lowest BCUT2D eigenvalue weighted by atomic mass is 10.4. The molecule has 0 radical (unpaired) electrons. The Balaban J connectivity index is 2.90. The largest absolute Gasteiger partial charge is 0.488 e. The lowest BCUT2D eigenvalue weighted by molar-refractivity contribution is 0.229. The van der Waals surface area contributed by atoms with E-state index in [9.17, 15) is 4.39 Å². The van der Waals surface area contributed by atoms with Gasteiger partial charge < -0.3 is 9.47 Å². The number of nitrogens with zero attached hydrogens (tertiary/aromatic N) is 1. The fraction of sp³-hybridized carbons (Fsp3) is 0.444. The fourth-order valence-corrected chi connectivity index (χ4v) is 0.858. The Hall–Kier alpha value is -1.32. The molecule has 0 aliphatic heterocycles. The normalized spacial score (nSPS) is 10.2. The summed E-state index contributed by atoms with van der Waals surface area (Å²) in [7, 11) is 1.47. The minimum absolute atomic E-state index is 0.0680. The summed E-state index contributed by atoms with van der Waals surface area (Å²) in [4.78, 5) is 3.69. The van der Waals surface area contributed by atoms with E-state index < -0.39 is 5.82 Å². The Morgan fingerprint density at radius 2 is 2.15 bits per heavy atom. The summed E-state index contributed by atoms with van der Waals surface area (Å²) in [5, 5.41) is 0. The summed E-state index contributed by atoms with van der Waals surface area (Å²) in [5.74, 6) is 0.0356. The Bertz CT molecular complexity index is 289. The molecule has 1 rings (SSSR count). The highest BCUT2D eigenvalue weighted by Gasteiger charge is 2.07. The second-order valence-electron chi connectivity index (χ2n) is 2.82. The van der Waals surface area contributed by atoms with Gasteiger partial charge in [0.2, 0.25) is 5.88 Å². The van der Waals surface area contributed by atoms with Gasteiger partial charge in [-0.05, 0) is 13.8 Å². The van der Waals surface area contributed by atoms with E-state index in [1.54, 1.807) is 0 Å². The smallest absolute Gasteiger partial charge is 0.216 e. The summed E-state index contributed by atoms with van der Waals surface area (Å²) in [6.45, 7) is 3.65. The summed E-state index contributed by atoms with van der Waals surface area (Å²) >= 11 is 0. The first-order valence-electron chi connectivity index (χ1n) is 3.99. The van der Waals surface area contributed by atoms with Crippen molar-refractivity contribution in [1.29, 1.82) is 0 Å². The standard InChI is InChI=1S/C9H12FNO2/c1-6(2)13-8-4-9(12-3)11-5-7(8)10/h4-6H,1-3H3. The second kappa shape index (κ2) is 4.07. The van der Waals surface area contributed by atoms with Crippen LogP contribution < -0.4 is 9.47 Å². The molecule has 0 spiro atoms. The molecular weight excluding hydrogens is 173 g/mol. The van der Waals surface area contributed by atoms with Gasteiger partial charge >= 0.3 is 0 Å². The first kappa shape index (κ1) is 9.77. The van der Waals surface area contributed by atoms with Gasteiger partial charge in [-0.2, -0.15) is 0 Å². The molecule has 0 atom stereocenters. The molecule has 0 N–H and O–H groups in total. The summed E-state index contributed by atoms with van der Waals surface area (Å²) in [6, 6.07) is 1.43. The van der Waals surface area contributed by atoms with Crippen LogP contribution in [0.5, 0.6) is 11.6 Å². The van der Waals surface area contributed by atoms with Crippen LogP contribution >= 0.6 is 0 Å². The van der Waals surface area contributed by atoms with Crippen molar-refractivity contribution in [3.05, 3.63) is 18.1 Å². The first-order valence-corrected chi connectivity index (χ1v) is 3.99. The van der Waals surface area contributed by atoms with Crippen LogP contribution in [0.25, 0.3) is 0 Å². The van der Waals surface area contributed by atoms with Crippen molar-refractivity contribution in [3.8, 4) is 11.6 Å². The van der Waals surface area contributed by atoms with Crippen LogP contribution in [0.3, 0.4) is 0 Å². The molecule has 13 heavy (non-hydrogen) atoms. The molecule has 0 saturated heterocycles. The molecule has 1 heterocycles. The van der Waals surface area contributed by atoms with Gasteiger partial charge in [0.25, 0.3) is 0 Å². The minimum atomic E-state index is -0.477. The molecule has 0 fully saturated rings. The van der Waals surface area contributed by atoms with E-state index in [1.165, 1.54) is 13.2 Å². The topological polar surface area (TPSA) is 31.4 Å². The third-order valence-electron chi connectivity index (χ3n) is 1.37. The van der Waals surface area contributed by atoms with E-state index in [0.717, 1.165) is 6.20 Å². The Labute approximate surface area is 76.5 Å². The first-order chi connectivity index (χ1) is 6.13. The maximum Gasteiger partial charge on any atom is 0.216 e. The predicted molar refractivity (Wildman–Crippen MR) is 46.5 cm³/mol. The highest BCUT2D eigenvalue weighted by molar-refractivity contribution is 5.28. The number of hydrogen-bond donors (Lipinski definition) is 0.